The number of allylic oxidation sites excluding steroid dienone is 1. The van der Waals surface area contributed by atoms with Crippen molar-refractivity contribution in [2.45, 2.75) is 47.0 Å². The number of halogens is 1. The normalized spacial score (nSPS) is 25.2. The van der Waals surface area contributed by atoms with Gasteiger partial charge in [0.15, 0.2) is 0 Å². The first-order chi connectivity index (χ1) is 5.90. The number of rotatable bonds is 0. The second kappa shape index (κ2) is 3.52. The summed E-state index contributed by atoms with van der Waals surface area (Å²) in [7, 11) is 0. The summed E-state index contributed by atoms with van der Waals surface area (Å²) in [5.74, 6) is 0. The Bertz CT molecular complexity index is 234. The standard InChI is InChI=1S/C12H19Cl/c1-11(2)7-5-8-12(3,4)10(11)6-9-13/h9H,5,7-8H2,1-4H3. The molecule has 1 aliphatic rings. The Balaban J connectivity index is 3.13. The lowest BCUT2D eigenvalue weighted by Crippen LogP contribution is -2.31. The van der Waals surface area contributed by atoms with Gasteiger partial charge in [0.05, 0.1) is 0 Å². The monoisotopic (exact) mass is 198 g/mol. The van der Waals surface area contributed by atoms with E-state index in [1.165, 1.54) is 30.4 Å². The quantitative estimate of drug-likeness (QED) is 0.503. The fourth-order valence-electron chi connectivity index (χ4n) is 2.58. The molecule has 0 unspecified atom stereocenters. The van der Waals surface area contributed by atoms with Crippen LogP contribution in [-0.4, -0.2) is 0 Å². The van der Waals surface area contributed by atoms with E-state index in [1.54, 1.807) is 0 Å². The molecular weight excluding hydrogens is 180 g/mol. The van der Waals surface area contributed by atoms with Crippen LogP contribution < -0.4 is 0 Å². The summed E-state index contributed by atoms with van der Waals surface area (Å²) in [6.45, 7) is 9.15. The van der Waals surface area contributed by atoms with Gasteiger partial charge in [-0.25, -0.2) is 0 Å². The Morgan fingerprint density at radius 1 is 1.15 bits per heavy atom. The van der Waals surface area contributed by atoms with Crippen molar-refractivity contribution in [3.8, 4) is 0 Å². The Morgan fingerprint density at radius 3 is 2.00 bits per heavy atom. The molecule has 0 nitrogen and oxygen atoms in total. The van der Waals surface area contributed by atoms with E-state index in [9.17, 15) is 0 Å². The highest BCUT2D eigenvalue weighted by Gasteiger charge is 2.38. The molecule has 0 aliphatic heterocycles. The van der Waals surface area contributed by atoms with Crippen LogP contribution in [0.4, 0.5) is 0 Å². The first kappa shape index (κ1) is 10.9. The molecule has 1 fully saturated rings. The number of hydrogen-bond donors (Lipinski definition) is 0. The maximum atomic E-state index is 5.63. The van der Waals surface area contributed by atoms with Crippen LogP contribution in [0.5, 0.6) is 0 Å². The maximum absolute atomic E-state index is 5.63. The van der Waals surface area contributed by atoms with Crippen molar-refractivity contribution in [2.75, 3.05) is 0 Å². The van der Waals surface area contributed by atoms with Crippen molar-refractivity contribution < 1.29 is 0 Å². The lowest BCUT2D eigenvalue weighted by Gasteiger charge is -2.42. The summed E-state index contributed by atoms with van der Waals surface area (Å²) in [4.78, 5) is 0. The van der Waals surface area contributed by atoms with E-state index < -0.39 is 0 Å². The third kappa shape index (κ3) is 2.18. The molecule has 0 aromatic heterocycles. The van der Waals surface area contributed by atoms with E-state index in [-0.39, 0.29) is 10.8 Å². The minimum Gasteiger partial charge on any atom is -0.108 e. The van der Waals surface area contributed by atoms with E-state index in [2.05, 4.69) is 33.4 Å². The van der Waals surface area contributed by atoms with Crippen LogP contribution in [0.3, 0.4) is 0 Å². The van der Waals surface area contributed by atoms with Gasteiger partial charge in [-0.15, -0.1) is 5.73 Å². The van der Waals surface area contributed by atoms with Gasteiger partial charge in [-0.05, 0) is 29.2 Å². The van der Waals surface area contributed by atoms with Crippen LogP contribution in [0.2, 0.25) is 0 Å². The lowest BCUT2D eigenvalue weighted by molar-refractivity contribution is 0.216. The second-order valence-electron chi connectivity index (χ2n) is 5.25. The van der Waals surface area contributed by atoms with Crippen molar-refractivity contribution in [1.29, 1.82) is 0 Å². The van der Waals surface area contributed by atoms with Crippen molar-refractivity contribution in [3.05, 3.63) is 16.8 Å². The van der Waals surface area contributed by atoms with Crippen molar-refractivity contribution in [2.24, 2.45) is 10.8 Å². The average molecular weight is 199 g/mol. The topological polar surface area (TPSA) is 0 Å². The van der Waals surface area contributed by atoms with Crippen molar-refractivity contribution in [1.82, 2.24) is 0 Å². The Labute approximate surface area is 86.7 Å². The predicted molar refractivity (Wildman–Crippen MR) is 58.9 cm³/mol. The average Bonchev–Trinajstić information content (AvgIpc) is 1.96. The lowest BCUT2D eigenvalue weighted by atomic mass is 9.62. The van der Waals surface area contributed by atoms with E-state index in [4.69, 9.17) is 11.6 Å². The molecule has 0 aromatic carbocycles. The summed E-state index contributed by atoms with van der Waals surface area (Å²) in [6, 6.07) is 0. The highest BCUT2D eigenvalue weighted by atomic mass is 35.5. The molecule has 0 spiro atoms. The second-order valence-corrected chi connectivity index (χ2v) is 5.47. The molecule has 0 N–H and O–H groups in total. The number of hydrogen-bond acceptors (Lipinski definition) is 0. The zero-order valence-electron chi connectivity index (χ0n) is 9.08. The van der Waals surface area contributed by atoms with Gasteiger partial charge in [-0.2, -0.15) is 0 Å². The zero-order valence-corrected chi connectivity index (χ0v) is 9.83. The van der Waals surface area contributed by atoms with E-state index in [0.717, 1.165) is 0 Å². The minimum absolute atomic E-state index is 0.271. The zero-order chi connectivity index (χ0) is 10.1. The third-order valence-electron chi connectivity index (χ3n) is 3.16. The van der Waals surface area contributed by atoms with Gasteiger partial charge in [0.2, 0.25) is 0 Å². The summed E-state index contributed by atoms with van der Waals surface area (Å²) < 4.78 is 0. The third-order valence-corrected chi connectivity index (χ3v) is 3.27. The van der Waals surface area contributed by atoms with Gasteiger partial charge in [0, 0.05) is 5.54 Å². The highest BCUT2D eigenvalue weighted by molar-refractivity contribution is 6.25. The molecule has 1 aliphatic carbocycles. The summed E-state index contributed by atoms with van der Waals surface area (Å²) in [6.07, 6.45) is 3.82. The first-order valence-electron chi connectivity index (χ1n) is 4.96. The summed E-state index contributed by atoms with van der Waals surface area (Å²) >= 11 is 5.63. The summed E-state index contributed by atoms with van der Waals surface area (Å²) in [5.41, 5.74) is 6.67. The van der Waals surface area contributed by atoms with Crippen LogP contribution in [0, 0.1) is 10.8 Å². The van der Waals surface area contributed by atoms with Crippen LogP contribution in [0.25, 0.3) is 0 Å². The molecule has 1 saturated carbocycles. The highest BCUT2D eigenvalue weighted by Crippen LogP contribution is 2.49. The van der Waals surface area contributed by atoms with Gasteiger partial charge >= 0.3 is 0 Å². The van der Waals surface area contributed by atoms with Crippen molar-refractivity contribution >= 4 is 11.6 Å². The van der Waals surface area contributed by atoms with Gasteiger partial charge in [0.1, 0.15) is 0 Å². The fourth-order valence-corrected chi connectivity index (χ4v) is 2.69. The molecule has 0 aromatic rings. The molecule has 1 rings (SSSR count). The molecular formula is C12H19Cl. The summed E-state index contributed by atoms with van der Waals surface area (Å²) in [5, 5.41) is 0. The Kier molecular flexibility index (Phi) is 2.95. The van der Waals surface area contributed by atoms with Crippen LogP contribution in [0.1, 0.15) is 47.0 Å². The molecule has 0 saturated heterocycles. The molecule has 0 radical (unpaired) electrons. The molecule has 0 heterocycles. The van der Waals surface area contributed by atoms with Gasteiger partial charge in [0.25, 0.3) is 0 Å². The molecule has 0 bridgehead atoms. The van der Waals surface area contributed by atoms with Crippen LogP contribution in [0.15, 0.2) is 16.8 Å². The van der Waals surface area contributed by atoms with Gasteiger partial charge < -0.3 is 0 Å². The molecule has 74 valence electrons. The largest absolute Gasteiger partial charge is 0.108 e. The van der Waals surface area contributed by atoms with Gasteiger partial charge in [-0.3, -0.25) is 0 Å². The molecule has 1 heteroatoms. The molecule has 13 heavy (non-hydrogen) atoms. The molecule has 0 atom stereocenters. The van der Waals surface area contributed by atoms with E-state index in [0.29, 0.717) is 0 Å². The smallest absolute Gasteiger partial charge is 0.0462 e. The maximum Gasteiger partial charge on any atom is 0.0462 e. The fraction of sp³-hybridized carbons (Fsp3) is 0.750. The first-order valence-corrected chi connectivity index (χ1v) is 5.40. The van der Waals surface area contributed by atoms with Crippen LogP contribution in [-0.2, 0) is 0 Å². The van der Waals surface area contributed by atoms with Gasteiger partial charge in [-0.1, -0.05) is 45.7 Å². The molecule has 0 amide bonds. The van der Waals surface area contributed by atoms with E-state index in [1.807, 2.05) is 0 Å². The Morgan fingerprint density at radius 2 is 1.62 bits per heavy atom. The van der Waals surface area contributed by atoms with E-state index >= 15 is 0 Å². The SMILES string of the molecule is CC1(C)CCCC(C)(C)C1=C=CCl. The minimum atomic E-state index is 0.271. The predicted octanol–water partition coefficient (Wildman–Crippen LogP) is 4.50. The Hall–Kier alpha value is -0.190. The van der Waals surface area contributed by atoms with Crippen LogP contribution >= 0.6 is 11.6 Å². The van der Waals surface area contributed by atoms with Crippen molar-refractivity contribution in [3.63, 3.8) is 0 Å².